The standard InChI is InChI=1S/C23H55NSi3.ClH/c1-4-5-6-7-8-9-10-11-12-13-14-15-16-17-22(19-21-24(2)3)18-20-23(25,26)27;/h22H,4-21H2,1-3,25-27H3;1H. The lowest BCUT2D eigenvalue weighted by atomic mass is 9.92. The molecule has 0 aliphatic rings. The summed E-state index contributed by atoms with van der Waals surface area (Å²) in [5.41, 5.74) is 0. The van der Waals surface area contributed by atoms with Crippen LogP contribution in [-0.2, 0) is 0 Å². The van der Waals surface area contributed by atoms with Crippen LogP contribution in [0, 0.1) is 5.92 Å². The summed E-state index contributed by atoms with van der Waals surface area (Å²) in [4.78, 5) is 2.38. The predicted molar refractivity (Wildman–Crippen MR) is 146 cm³/mol. The van der Waals surface area contributed by atoms with E-state index in [1.165, 1.54) is 140 Å². The fourth-order valence-electron chi connectivity index (χ4n) is 3.96. The number of rotatable bonds is 20. The molecular weight excluding hydrogens is 410 g/mol. The van der Waals surface area contributed by atoms with Crippen molar-refractivity contribution in [2.45, 2.75) is 120 Å². The fraction of sp³-hybridized carbons (Fsp3) is 1.00. The molecule has 28 heavy (non-hydrogen) atoms. The molecule has 1 nitrogen and oxygen atoms in total. The van der Waals surface area contributed by atoms with E-state index in [0.717, 1.165) is 10.2 Å². The van der Waals surface area contributed by atoms with Crippen LogP contribution in [0.1, 0.15) is 116 Å². The molecule has 0 fully saturated rings. The van der Waals surface area contributed by atoms with Crippen LogP contribution in [0.2, 0.25) is 4.28 Å². The highest BCUT2D eigenvalue weighted by Gasteiger charge is 2.15. The van der Waals surface area contributed by atoms with Crippen LogP contribution < -0.4 is 0 Å². The minimum atomic E-state index is 0. The smallest absolute Gasteiger partial charge is 0.00213 e. The van der Waals surface area contributed by atoms with Crippen molar-refractivity contribution < 1.29 is 0 Å². The monoisotopic (exact) mass is 465 g/mol. The summed E-state index contributed by atoms with van der Waals surface area (Å²) in [6.45, 7) is 3.60. The molecule has 0 rings (SSSR count). The van der Waals surface area contributed by atoms with Gasteiger partial charge in [0.1, 0.15) is 0 Å². The van der Waals surface area contributed by atoms with Gasteiger partial charge in [-0.1, -0.05) is 114 Å². The Morgan fingerprint density at radius 3 is 1.46 bits per heavy atom. The van der Waals surface area contributed by atoms with Crippen molar-refractivity contribution in [3.8, 4) is 0 Å². The lowest BCUT2D eigenvalue weighted by Crippen LogP contribution is -2.19. The van der Waals surface area contributed by atoms with Gasteiger partial charge in [-0.25, -0.2) is 0 Å². The summed E-state index contributed by atoms with van der Waals surface area (Å²) in [6, 6.07) is 0. The lowest BCUT2D eigenvalue weighted by Gasteiger charge is -2.24. The number of nitrogens with zero attached hydrogens (tertiary/aromatic N) is 1. The van der Waals surface area contributed by atoms with Gasteiger partial charge in [0.05, 0.1) is 0 Å². The second-order valence-electron chi connectivity index (χ2n) is 10.6. The van der Waals surface area contributed by atoms with E-state index in [2.05, 4.69) is 25.9 Å². The molecule has 0 N–H and O–H groups in total. The summed E-state index contributed by atoms with van der Waals surface area (Å²) in [5.74, 6) is 1.01. The van der Waals surface area contributed by atoms with Gasteiger partial charge in [-0.05, 0) is 33.0 Å². The van der Waals surface area contributed by atoms with Crippen LogP contribution in [-0.4, -0.2) is 56.3 Å². The van der Waals surface area contributed by atoms with Crippen molar-refractivity contribution in [2.24, 2.45) is 5.92 Å². The molecule has 0 aromatic carbocycles. The maximum absolute atomic E-state index is 2.38. The second-order valence-corrected chi connectivity index (χ2v) is 24.7. The largest absolute Gasteiger partial charge is 0.309 e. The Morgan fingerprint density at radius 2 is 1.07 bits per heavy atom. The Labute approximate surface area is 194 Å². The Bertz CT molecular complexity index is 309. The Hall–Kier alpha value is 0.901. The van der Waals surface area contributed by atoms with Gasteiger partial charge >= 0.3 is 0 Å². The molecule has 0 bridgehead atoms. The molecule has 0 aromatic rings. The molecule has 5 heteroatoms. The van der Waals surface area contributed by atoms with Crippen LogP contribution in [0.15, 0.2) is 0 Å². The van der Waals surface area contributed by atoms with Crippen LogP contribution in [0.4, 0.5) is 0 Å². The average molecular weight is 466 g/mol. The third-order valence-electron chi connectivity index (χ3n) is 6.00. The van der Waals surface area contributed by atoms with Gasteiger partial charge in [0, 0.05) is 30.7 Å². The van der Waals surface area contributed by atoms with E-state index in [1.807, 2.05) is 0 Å². The zero-order valence-electron chi connectivity index (χ0n) is 20.7. The molecule has 0 spiro atoms. The van der Waals surface area contributed by atoms with Crippen molar-refractivity contribution in [3.05, 3.63) is 0 Å². The number of hydrogen-bond acceptors (Lipinski definition) is 1. The molecule has 0 heterocycles. The number of hydrogen-bond donors (Lipinski definition) is 0. The van der Waals surface area contributed by atoms with Crippen LogP contribution in [0.5, 0.6) is 0 Å². The summed E-state index contributed by atoms with van der Waals surface area (Å²) in [7, 11) is 8.83. The topological polar surface area (TPSA) is 3.24 Å². The minimum Gasteiger partial charge on any atom is -0.309 e. The van der Waals surface area contributed by atoms with Gasteiger partial charge in [-0.15, -0.1) is 12.4 Å². The maximum atomic E-state index is 2.38. The van der Waals surface area contributed by atoms with Gasteiger partial charge < -0.3 is 4.90 Å². The first-order valence-corrected chi connectivity index (χ1v) is 15.5. The molecule has 0 radical (unpaired) electrons. The van der Waals surface area contributed by atoms with E-state index >= 15 is 0 Å². The molecule has 0 aromatic heterocycles. The molecule has 1 atom stereocenters. The van der Waals surface area contributed by atoms with Gasteiger partial charge in [0.2, 0.25) is 0 Å². The quantitative estimate of drug-likeness (QED) is 0.190. The summed E-state index contributed by atoms with van der Waals surface area (Å²) >= 11 is 0. The summed E-state index contributed by atoms with van der Waals surface area (Å²) < 4.78 is 0.909. The van der Waals surface area contributed by atoms with E-state index in [4.69, 9.17) is 0 Å². The molecule has 0 aliphatic heterocycles. The molecule has 0 amide bonds. The van der Waals surface area contributed by atoms with E-state index in [-0.39, 0.29) is 12.4 Å². The lowest BCUT2D eigenvalue weighted by molar-refractivity contribution is 0.317. The van der Waals surface area contributed by atoms with Gasteiger partial charge in [-0.2, -0.15) is 0 Å². The van der Waals surface area contributed by atoms with Crippen molar-refractivity contribution in [2.75, 3.05) is 20.6 Å². The highest BCUT2D eigenvalue weighted by molar-refractivity contribution is 6.58. The molecule has 1 unspecified atom stereocenters. The molecule has 172 valence electrons. The first-order chi connectivity index (χ1) is 12.8. The normalized spacial score (nSPS) is 15.0. The van der Waals surface area contributed by atoms with Gasteiger partial charge in [-0.3, -0.25) is 0 Å². The van der Waals surface area contributed by atoms with E-state index in [9.17, 15) is 0 Å². The zero-order valence-corrected chi connectivity index (χ0v) is 27.5. The van der Waals surface area contributed by atoms with E-state index in [1.54, 1.807) is 6.42 Å². The van der Waals surface area contributed by atoms with Crippen molar-refractivity contribution in [1.82, 2.24) is 4.90 Å². The number of unbranched alkanes of at least 4 members (excludes halogenated alkanes) is 12. The van der Waals surface area contributed by atoms with Crippen LogP contribution >= 0.6 is 12.4 Å². The first kappa shape index (κ1) is 31.1. The SMILES string of the molecule is CCCCCCCCCCCCCCCC(CCN(C)C)CCC([SiH3])([SiH3])[SiH3].Cl. The fourth-order valence-corrected chi connectivity index (χ4v) is 4.83. The zero-order chi connectivity index (χ0) is 20.4. The average Bonchev–Trinajstić information content (AvgIpc) is 2.59. The third-order valence-corrected chi connectivity index (χ3v) is 7.50. The Kier molecular flexibility index (Phi) is 23.5. The Morgan fingerprint density at radius 1 is 0.643 bits per heavy atom. The highest BCUT2D eigenvalue weighted by Crippen LogP contribution is 2.27. The van der Waals surface area contributed by atoms with Crippen LogP contribution in [0.25, 0.3) is 0 Å². The molecule has 0 saturated carbocycles. The molecular formula is C23H56ClNSi3. The number of halogens is 1. The third kappa shape index (κ3) is 24.9. The second kappa shape index (κ2) is 21.1. The maximum Gasteiger partial charge on any atom is 0.00213 e. The van der Waals surface area contributed by atoms with Crippen molar-refractivity contribution in [3.63, 3.8) is 0 Å². The van der Waals surface area contributed by atoms with Crippen molar-refractivity contribution >= 4 is 43.1 Å². The van der Waals surface area contributed by atoms with E-state index < -0.39 is 0 Å². The highest BCUT2D eigenvalue weighted by atomic mass is 35.5. The summed E-state index contributed by atoms with van der Waals surface area (Å²) in [6.07, 6.45) is 25.2. The van der Waals surface area contributed by atoms with Gasteiger partial charge in [0.15, 0.2) is 0 Å². The van der Waals surface area contributed by atoms with Gasteiger partial charge in [0.25, 0.3) is 0 Å². The first-order valence-electron chi connectivity index (χ1n) is 12.5. The van der Waals surface area contributed by atoms with Crippen molar-refractivity contribution in [1.29, 1.82) is 0 Å². The Balaban J connectivity index is 0. The minimum absolute atomic E-state index is 0. The summed E-state index contributed by atoms with van der Waals surface area (Å²) in [5, 5.41) is 0. The molecule has 0 aliphatic carbocycles. The van der Waals surface area contributed by atoms with E-state index in [0.29, 0.717) is 0 Å². The predicted octanol–water partition coefficient (Wildman–Crippen LogP) is 4.41. The molecule has 0 saturated heterocycles. The van der Waals surface area contributed by atoms with Crippen LogP contribution in [0.3, 0.4) is 0 Å².